The molecule has 0 unspecified atom stereocenters. The van der Waals surface area contributed by atoms with E-state index < -0.39 is 11.2 Å². The minimum absolute atomic E-state index is 0.155. The summed E-state index contributed by atoms with van der Waals surface area (Å²) in [6.07, 6.45) is 4.76. The third-order valence-electron chi connectivity index (χ3n) is 4.98. The molecular weight excluding hydrogens is 344 g/mol. The van der Waals surface area contributed by atoms with E-state index in [1.165, 1.54) is 0 Å². The van der Waals surface area contributed by atoms with Gasteiger partial charge in [-0.15, -0.1) is 0 Å². The molecular formula is C20H40N4O3. The SMILES string of the molecule is CCNC(=NCC(O)(CC)CC)NC1CCC(NC(=O)OC(C)(C)C)CC1. The van der Waals surface area contributed by atoms with E-state index in [1.54, 1.807) is 0 Å². The van der Waals surface area contributed by atoms with Gasteiger partial charge in [0.25, 0.3) is 0 Å². The number of carbonyl (C=O) groups excluding carboxylic acids is 1. The summed E-state index contributed by atoms with van der Waals surface area (Å²) in [5.74, 6) is 0.751. The molecule has 1 aliphatic rings. The summed E-state index contributed by atoms with van der Waals surface area (Å²) in [5, 5.41) is 20.1. The second-order valence-corrected chi connectivity index (χ2v) is 8.47. The van der Waals surface area contributed by atoms with Crippen LogP contribution in [0.1, 0.15) is 80.1 Å². The van der Waals surface area contributed by atoms with Gasteiger partial charge in [-0.3, -0.25) is 4.99 Å². The summed E-state index contributed by atoms with van der Waals surface area (Å²) in [4.78, 5) is 16.5. The highest BCUT2D eigenvalue weighted by atomic mass is 16.6. The Labute approximate surface area is 164 Å². The summed E-state index contributed by atoms with van der Waals surface area (Å²) in [7, 11) is 0. The van der Waals surface area contributed by atoms with Crippen LogP contribution in [0.25, 0.3) is 0 Å². The number of aliphatic hydroxyl groups is 1. The molecule has 0 heterocycles. The van der Waals surface area contributed by atoms with Gasteiger partial charge in [-0.25, -0.2) is 4.79 Å². The van der Waals surface area contributed by atoms with Crippen molar-refractivity contribution in [1.82, 2.24) is 16.0 Å². The molecule has 7 heteroatoms. The van der Waals surface area contributed by atoms with Crippen LogP contribution >= 0.6 is 0 Å². The van der Waals surface area contributed by atoms with Crippen LogP contribution in [-0.2, 0) is 4.74 Å². The molecule has 158 valence electrons. The lowest BCUT2D eigenvalue weighted by molar-refractivity contribution is 0.0417. The van der Waals surface area contributed by atoms with Gasteiger partial charge >= 0.3 is 6.09 Å². The molecule has 0 saturated heterocycles. The number of hydrogen-bond donors (Lipinski definition) is 4. The van der Waals surface area contributed by atoms with Crippen LogP contribution in [-0.4, -0.2) is 53.5 Å². The first kappa shape index (κ1) is 23.5. The Balaban J connectivity index is 2.49. The van der Waals surface area contributed by atoms with Gasteiger partial charge in [0, 0.05) is 18.6 Å². The number of amides is 1. The molecule has 0 bridgehead atoms. The first-order chi connectivity index (χ1) is 12.6. The Hall–Kier alpha value is -1.50. The second-order valence-electron chi connectivity index (χ2n) is 8.47. The second kappa shape index (κ2) is 10.7. The van der Waals surface area contributed by atoms with Crippen molar-refractivity contribution in [3.63, 3.8) is 0 Å². The number of alkyl carbamates (subject to hydrolysis) is 1. The van der Waals surface area contributed by atoms with Gasteiger partial charge in [0.2, 0.25) is 0 Å². The molecule has 1 aliphatic carbocycles. The summed E-state index contributed by atoms with van der Waals surface area (Å²) >= 11 is 0. The molecule has 1 amide bonds. The number of nitrogens with one attached hydrogen (secondary N) is 3. The van der Waals surface area contributed by atoms with Crippen molar-refractivity contribution in [2.45, 2.75) is 103 Å². The monoisotopic (exact) mass is 384 g/mol. The Morgan fingerprint density at radius 3 is 2.00 bits per heavy atom. The fourth-order valence-corrected chi connectivity index (χ4v) is 3.07. The van der Waals surface area contributed by atoms with Crippen LogP contribution < -0.4 is 16.0 Å². The topological polar surface area (TPSA) is 95.0 Å². The first-order valence-electron chi connectivity index (χ1n) is 10.4. The molecule has 0 radical (unpaired) electrons. The highest BCUT2D eigenvalue weighted by Crippen LogP contribution is 2.20. The number of carbonyl (C=O) groups is 1. The molecule has 7 nitrogen and oxygen atoms in total. The molecule has 0 aromatic carbocycles. The lowest BCUT2D eigenvalue weighted by Crippen LogP contribution is -2.48. The molecule has 0 atom stereocenters. The lowest BCUT2D eigenvalue weighted by Gasteiger charge is -2.31. The number of rotatable bonds is 7. The van der Waals surface area contributed by atoms with Gasteiger partial charge in [0.1, 0.15) is 5.60 Å². The van der Waals surface area contributed by atoms with Crippen LogP contribution in [0.15, 0.2) is 4.99 Å². The molecule has 1 saturated carbocycles. The highest BCUT2D eigenvalue weighted by molar-refractivity contribution is 5.80. The molecule has 4 N–H and O–H groups in total. The van der Waals surface area contributed by atoms with Crippen molar-refractivity contribution in [3.05, 3.63) is 0 Å². The van der Waals surface area contributed by atoms with E-state index in [0.29, 0.717) is 25.4 Å². The molecule has 1 rings (SSSR count). The van der Waals surface area contributed by atoms with Gasteiger partial charge in [0.15, 0.2) is 5.96 Å². The minimum Gasteiger partial charge on any atom is -0.444 e. The van der Waals surface area contributed by atoms with Crippen molar-refractivity contribution < 1.29 is 14.6 Å². The Morgan fingerprint density at radius 1 is 1.04 bits per heavy atom. The fraction of sp³-hybridized carbons (Fsp3) is 0.900. The van der Waals surface area contributed by atoms with E-state index in [1.807, 2.05) is 41.5 Å². The maximum Gasteiger partial charge on any atom is 0.407 e. The van der Waals surface area contributed by atoms with E-state index in [2.05, 4.69) is 20.9 Å². The average molecular weight is 385 g/mol. The summed E-state index contributed by atoms with van der Waals surface area (Å²) in [6.45, 7) is 12.8. The molecule has 27 heavy (non-hydrogen) atoms. The van der Waals surface area contributed by atoms with Crippen LogP contribution in [0.3, 0.4) is 0 Å². The smallest absolute Gasteiger partial charge is 0.407 e. The number of ether oxygens (including phenoxy) is 1. The minimum atomic E-state index is -0.739. The van der Waals surface area contributed by atoms with Gasteiger partial charge < -0.3 is 25.8 Å². The Bertz CT molecular complexity index is 476. The zero-order valence-corrected chi connectivity index (χ0v) is 18.0. The van der Waals surface area contributed by atoms with Gasteiger partial charge in [-0.1, -0.05) is 13.8 Å². The van der Waals surface area contributed by atoms with E-state index in [0.717, 1.165) is 38.2 Å². The van der Waals surface area contributed by atoms with Crippen molar-refractivity contribution in [3.8, 4) is 0 Å². The van der Waals surface area contributed by atoms with Crippen LogP contribution in [0.4, 0.5) is 4.79 Å². The quantitative estimate of drug-likeness (QED) is 0.400. The zero-order valence-electron chi connectivity index (χ0n) is 18.0. The predicted octanol–water partition coefficient (Wildman–Crippen LogP) is 2.93. The van der Waals surface area contributed by atoms with Crippen molar-refractivity contribution >= 4 is 12.1 Å². The predicted molar refractivity (Wildman–Crippen MR) is 110 cm³/mol. The summed E-state index contributed by atoms with van der Waals surface area (Å²) < 4.78 is 5.33. The third-order valence-corrected chi connectivity index (χ3v) is 4.98. The molecule has 0 aromatic rings. The normalized spacial score (nSPS) is 21.5. The van der Waals surface area contributed by atoms with Gasteiger partial charge in [-0.05, 0) is 66.2 Å². The van der Waals surface area contributed by atoms with E-state index in [9.17, 15) is 9.90 Å². The van der Waals surface area contributed by atoms with E-state index >= 15 is 0 Å². The van der Waals surface area contributed by atoms with Gasteiger partial charge in [-0.2, -0.15) is 0 Å². The molecule has 0 aromatic heterocycles. The van der Waals surface area contributed by atoms with Crippen molar-refractivity contribution in [2.24, 2.45) is 4.99 Å². The van der Waals surface area contributed by atoms with E-state index in [4.69, 9.17) is 4.74 Å². The van der Waals surface area contributed by atoms with Crippen LogP contribution in [0, 0.1) is 0 Å². The number of guanidine groups is 1. The fourth-order valence-electron chi connectivity index (χ4n) is 3.07. The Kier molecular flexibility index (Phi) is 9.36. The molecule has 0 spiro atoms. The van der Waals surface area contributed by atoms with Crippen molar-refractivity contribution in [2.75, 3.05) is 13.1 Å². The third kappa shape index (κ3) is 9.31. The maximum absolute atomic E-state index is 11.9. The first-order valence-corrected chi connectivity index (χ1v) is 10.4. The largest absolute Gasteiger partial charge is 0.444 e. The number of nitrogens with zero attached hydrogens (tertiary/aromatic N) is 1. The Morgan fingerprint density at radius 2 is 1.56 bits per heavy atom. The lowest BCUT2D eigenvalue weighted by atomic mass is 9.91. The maximum atomic E-state index is 11.9. The highest BCUT2D eigenvalue weighted by Gasteiger charge is 2.26. The van der Waals surface area contributed by atoms with Crippen molar-refractivity contribution in [1.29, 1.82) is 0 Å². The molecule has 0 aliphatic heterocycles. The van der Waals surface area contributed by atoms with Crippen LogP contribution in [0.5, 0.6) is 0 Å². The van der Waals surface area contributed by atoms with E-state index in [-0.39, 0.29) is 12.1 Å². The van der Waals surface area contributed by atoms with Gasteiger partial charge in [0.05, 0.1) is 12.1 Å². The van der Waals surface area contributed by atoms with Crippen LogP contribution in [0.2, 0.25) is 0 Å². The molecule has 1 fully saturated rings. The summed E-state index contributed by atoms with van der Waals surface area (Å²) in [5.41, 5.74) is -1.21. The zero-order chi connectivity index (χ0) is 20.5. The number of hydrogen-bond acceptors (Lipinski definition) is 4. The number of aliphatic imine (C=N–C) groups is 1. The average Bonchev–Trinajstić information content (AvgIpc) is 2.59. The summed E-state index contributed by atoms with van der Waals surface area (Å²) in [6, 6.07) is 0.471. The standard InChI is InChI=1S/C20H40N4O3/c1-7-20(26,8-2)14-22-17(21-9-3)23-15-10-12-16(13-11-15)24-18(25)27-19(4,5)6/h15-16,26H,7-14H2,1-6H3,(H,24,25)(H2,21,22,23).